The van der Waals surface area contributed by atoms with Crippen LogP contribution in [0.4, 0.5) is 0 Å². The van der Waals surface area contributed by atoms with Crippen molar-refractivity contribution in [2.45, 2.75) is 50.5 Å². The van der Waals surface area contributed by atoms with Crippen molar-refractivity contribution in [2.24, 2.45) is 17.8 Å². The van der Waals surface area contributed by atoms with Gasteiger partial charge in [0.05, 0.1) is 12.2 Å². The van der Waals surface area contributed by atoms with Crippen LogP contribution in [0.5, 0.6) is 0 Å². The smallest absolute Gasteiger partial charge is 0.0939 e. The maximum atomic E-state index is 6.10. The summed E-state index contributed by atoms with van der Waals surface area (Å²) in [5.41, 5.74) is 0.0879. The molecule has 0 aromatic carbocycles. The van der Waals surface area contributed by atoms with E-state index in [0.29, 0.717) is 0 Å². The zero-order valence-corrected chi connectivity index (χ0v) is 12.3. The summed E-state index contributed by atoms with van der Waals surface area (Å²) >= 11 is 0. The average Bonchev–Trinajstić information content (AvgIpc) is 2.88. The van der Waals surface area contributed by atoms with Gasteiger partial charge in [-0.2, -0.15) is 0 Å². The third kappa shape index (κ3) is 2.98. The predicted molar refractivity (Wildman–Crippen MR) is 76.2 cm³/mol. The molecule has 3 nitrogen and oxygen atoms in total. The van der Waals surface area contributed by atoms with E-state index in [2.05, 4.69) is 12.4 Å². The summed E-state index contributed by atoms with van der Waals surface area (Å²) in [5, 5.41) is 3.41. The number of hydrogen-bond acceptors (Lipinski definition) is 3. The molecule has 4 atom stereocenters. The first-order chi connectivity index (χ1) is 9.33. The van der Waals surface area contributed by atoms with Crippen LogP contribution >= 0.6 is 0 Å². The standard InChI is InChI=1S/C16H29NO2/c1-17-11-14-4-2-3-5-15(14)13-6-8-19-16(10-13)7-9-18-12-16/h13-15,17H,2-12H2,1H3. The van der Waals surface area contributed by atoms with Crippen molar-refractivity contribution >= 4 is 0 Å². The highest BCUT2D eigenvalue weighted by Gasteiger charge is 2.44. The second-order valence-corrected chi connectivity index (χ2v) is 6.85. The van der Waals surface area contributed by atoms with Gasteiger partial charge in [0.15, 0.2) is 0 Å². The van der Waals surface area contributed by atoms with Crippen LogP contribution < -0.4 is 5.32 Å². The Morgan fingerprint density at radius 1 is 1.16 bits per heavy atom. The fourth-order valence-electron chi connectivity index (χ4n) is 4.67. The summed E-state index contributed by atoms with van der Waals surface area (Å²) in [6.45, 7) is 3.90. The van der Waals surface area contributed by atoms with E-state index in [-0.39, 0.29) is 5.60 Å². The first kappa shape index (κ1) is 13.8. The third-order valence-electron chi connectivity index (χ3n) is 5.64. The van der Waals surface area contributed by atoms with Crippen LogP contribution in [0.2, 0.25) is 0 Å². The van der Waals surface area contributed by atoms with Crippen molar-refractivity contribution in [3.8, 4) is 0 Å². The van der Waals surface area contributed by atoms with Crippen LogP contribution in [-0.2, 0) is 9.47 Å². The van der Waals surface area contributed by atoms with E-state index < -0.39 is 0 Å². The van der Waals surface area contributed by atoms with Gasteiger partial charge in [-0.05, 0) is 57.0 Å². The molecule has 1 spiro atoms. The molecule has 0 aromatic heterocycles. The monoisotopic (exact) mass is 267 g/mol. The van der Waals surface area contributed by atoms with Crippen molar-refractivity contribution < 1.29 is 9.47 Å². The highest BCUT2D eigenvalue weighted by atomic mass is 16.6. The zero-order valence-electron chi connectivity index (χ0n) is 12.3. The SMILES string of the molecule is CNCC1CCCCC1C1CCOC2(CCOC2)C1. The highest BCUT2D eigenvalue weighted by Crippen LogP contribution is 2.44. The lowest BCUT2D eigenvalue weighted by atomic mass is 9.67. The molecular formula is C16H29NO2. The molecule has 4 unspecified atom stereocenters. The van der Waals surface area contributed by atoms with Gasteiger partial charge < -0.3 is 14.8 Å². The van der Waals surface area contributed by atoms with Gasteiger partial charge in [0, 0.05) is 19.6 Å². The molecular weight excluding hydrogens is 238 g/mol. The van der Waals surface area contributed by atoms with E-state index in [0.717, 1.165) is 44.0 Å². The molecule has 2 saturated heterocycles. The maximum Gasteiger partial charge on any atom is 0.0939 e. The molecule has 3 rings (SSSR count). The van der Waals surface area contributed by atoms with Crippen molar-refractivity contribution in [3.05, 3.63) is 0 Å². The molecule has 1 saturated carbocycles. The van der Waals surface area contributed by atoms with Crippen molar-refractivity contribution in [3.63, 3.8) is 0 Å². The van der Waals surface area contributed by atoms with Crippen LogP contribution in [0.15, 0.2) is 0 Å². The van der Waals surface area contributed by atoms with Crippen LogP contribution in [0, 0.1) is 17.8 Å². The van der Waals surface area contributed by atoms with Gasteiger partial charge in [0.1, 0.15) is 0 Å². The lowest BCUT2D eigenvalue weighted by Gasteiger charge is -2.44. The second kappa shape index (κ2) is 6.11. The normalized spacial score (nSPS) is 43.7. The van der Waals surface area contributed by atoms with Gasteiger partial charge in [-0.3, -0.25) is 0 Å². The van der Waals surface area contributed by atoms with E-state index >= 15 is 0 Å². The fourth-order valence-corrected chi connectivity index (χ4v) is 4.67. The van der Waals surface area contributed by atoms with E-state index in [1.165, 1.54) is 45.1 Å². The summed E-state index contributed by atoms with van der Waals surface area (Å²) in [6.07, 6.45) is 9.36. The molecule has 3 fully saturated rings. The van der Waals surface area contributed by atoms with Crippen molar-refractivity contribution in [2.75, 3.05) is 33.4 Å². The predicted octanol–water partition coefficient (Wildman–Crippen LogP) is 2.60. The van der Waals surface area contributed by atoms with E-state index in [1.54, 1.807) is 0 Å². The Kier molecular flexibility index (Phi) is 4.45. The Hall–Kier alpha value is -0.120. The summed E-state index contributed by atoms with van der Waals surface area (Å²) < 4.78 is 11.7. The van der Waals surface area contributed by atoms with Crippen LogP contribution in [0.25, 0.3) is 0 Å². The molecule has 3 heteroatoms. The number of rotatable bonds is 3. The van der Waals surface area contributed by atoms with Gasteiger partial charge in [-0.25, -0.2) is 0 Å². The second-order valence-electron chi connectivity index (χ2n) is 6.85. The molecule has 1 aliphatic carbocycles. The molecule has 0 bridgehead atoms. The highest BCUT2D eigenvalue weighted by molar-refractivity contribution is 4.94. The minimum Gasteiger partial charge on any atom is -0.378 e. The zero-order chi connectivity index (χ0) is 13.1. The van der Waals surface area contributed by atoms with Crippen molar-refractivity contribution in [1.82, 2.24) is 5.32 Å². The molecule has 19 heavy (non-hydrogen) atoms. The molecule has 110 valence electrons. The molecule has 0 aromatic rings. The van der Waals surface area contributed by atoms with E-state index in [9.17, 15) is 0 Å². The van der Waals surface area contributed by atoms with Gasteiger partial charge in [0.25, 0.3) is 0 Å². The van der Waals surface area contributed by atoms with Crippen LogP contribution in [-0.4, -0.2) is 39.0 Å². The molecule has 0 radical (unpaired) electrons. The Labute approximate surface area is 117 Å². The van der Waals surface area contributed by atoms with E-state index in [4.69, 9.17) is 9.47 Å². The molecule has 0 amide bonds. The first-order valence-electron chi connectivity index (χ1n) is 8.19. The number of hydrogen-bond donors (Lipinski definition) is 1. The van der Waals surface area contributed by atoms with Gasteiger partial charge in [-0.15, -0.1) is 0 Å². The molecule has 1 N–H and O–H groups in total. The average molecular weight is 267 g/mol. The van der Waals surface area contributed by atoms with E-state index in [1.807, 2.05) is 0 Å². The van der Waals surface area contributed by atoms with Crippen LogP contribution in [0.3, 0.4) is 0 Å². The molecule has 3 aliphatic rings. The largest absolute Gasteiger partial charge is 0.378 e. The fraction of sp³-hybridized carbons (Fsp3) is 1.00. The van der Waals surface area contributed by atoms with Gasteiger partial charge >= 0.3 is 0 Å². The van der Waals surface area contributed by atoms with Crippen molar-refractivity contribution in [1.29, 1.82) is 0 Å². The summed E-state index contributed by atoms with van der Waals surface area (Å²) in [4.78, 5) is 0. The Bertz CT molecular complexity index is 286. The summed E-state index contributed by atoms with van der Waals surface area (Å²) in [6, 6.07) is 0. The van der Waals surface area contributed by atoms with Gasteiger partial charge in [0.2, 0.25) is 0 Å². The minimum absolute atomic E-state index is 0.0879. The minimum atomic E-state index is 0.0879. The van der Waals surface area contributed by atoms with Gasteiger partial charge in [-0.1, -0.05) is 12.8 Å². The first-order valence-corrected chi connectivity index (χ1v) is 8.19. The Balaban J connectivity index is 1.65. The lowest BCUT2D eigenvalue weighted by Crippen LogP contribution is -2.44. The molecule has 2 heterocycles. The Morgan fingerprint density at radius 3 is 2.84 bits per heavy atom. The number of ether oxygens (including phenoxy) is 2. The lowest BCUT2D eigenvalue weighted by molar-refractivity contribution is -0.113. The Morgan fingerprint density at radius 2 is 2.05 bits per heavy atom. The molecule has 2 aliphatic heterocycles. The summed E-state index contributed by atoms with van der Waals surface area (Å²) in [5.74, 6) is 2.68. The maximum absolute atomic E-state index is 6.10. The topological polar surface area (TPSA) is 30.5 Å². The van der Waals surface area contributed by atoms with Crippen LogP contribution in [0.1, 0.15) is 44.9 Å². The quantitative estimate of drug-likeness (QED) is 0.852. The third-order valence-corrected chi connectivity index (χ3v) is 5.64. The summed E-state index contributed by atoms with van der Waals surface area (Å²) in [7, 11) is 2.10. The number of nitrogens with one attached hydrogen (secondary N) is 1.